The average Bonchev–Trinajstić information content (AvgIpc) is 3.41. The van der Waals surface area contributed by atoms with Crippen molar-refractivity contribution in [1.29, 1.82) is 0 Å². The number of pyridine rings is 1. The molecule has 7 heteroatoms. The van der Waals surface area contributed by atoms with E-state index < -0.39 is 0 Å². The Morgan fingerprint density at radius 3 is 2.59 bits per heavy atom. The first-order chi connectivity index (χ1) is 13.3. The summed E-state index contributed by atoms with van der Waals surface area (Å²) >= 11 is 0. The van der Waals surface area contributed by atoms with Gasteiger partial charge in [0.25, 0.3) is 0 Å². The maximum absolute atomic E-state index is 5.10. The van der Waals surface area contributed by atoms with Gasteiger partial charge in [0, 0.05) is 43.8 Å². The Morgan fingerprint density at radius 1 is 0.963 bits per heavy atom. The number of hydrogen-bond acceptors (Lipinski definition) is 5. The lowest BCUT2D eigenvalue weighted by atomic mass is 10.0. The van der Waals surface area contributed by atoms with Crippen LogP contribution in [0.3, 0.4) is 0 Å². The number of aryl methyl sites for hydroxylation is 1. The molecule has 3 heterocycles. The minimum atomic E-state index is 0.739. The van der Waals surface area contributed by atoms with Crippen LogP contribution in [-0.4, -0.2) is 43.2 Å². The molecular weight excluding hydrogens is 340 g/mol. The molecule has 7 nitrogen and oxygen atoms in total. The Hall–Kier alpha value is -3.32. The molecule has 0 aliphatic heterocycles. The largest absolute Gasteiger partial charge is 0.385 e. The molecule has 0 saturated carbocycles. The molecule has 0 radical (unpaired) electrons. The summed E-state index contributed by atoms with van der Waals surface area (Å²) in [6.07, 6.45) is 8.07. The number of hydrogen-bond donors (Lipinski definition) is 0. The van der Waals surface area contributed by atoms with Gasteiger partial charge in [-0.2, -0.15) is 5.10 Å². The van der Waals surface area contributed by atoms with Gasteiger partial charge in [0.1, 0.15) is 18.5 Å². The highest BCUT2D eigenvalue weighted by atomic mass is 16.5. The highest BCUT2D eigenvalue weighted by Gasteiger charge is 2.06. The van der Waals surface area contributed by atoms with Crippen molar-refractivity contribution in [3.05, 3.63) is 67.5 Å². The second kappa shape index (κ2) is 7.92. The first-order valence-electron chi connectivity index (χ1n) is 8.78. The number of methoxy groups -OCH3 is 1. The van der Waals surface area contributed by atoms with Gasteiger partial charge in [-0.3, -0.25) is 9.25 Å². The van der Waals surface area contributed by atoms with Crippen molar-refractivity contribution in [1.82, 2.24) is 29.5 Å². The Bertz CT molecular complexity index is 992. The maximum atomic E-state index is 5.10. The Morgan fingerprint density at radius 2 is 1.81 bits per heavy atom. The smallest absolute Gasteiger partial charge is 0.139 e. The van der Waals surface area contributed by atoms with Gasteiger partial charge in [0.15, 0.2) is 0 Å². The van der Waals surface area contributed by atoms with E-state index in [1.54, 1.807) is 24.3 Å². The number of aromatic nitrogens is 6. The standard InChI is InChI=1S/C20H20N6O/c1-27-11-3-9-26-10-8-19(24-26)17-5-2-4-16(12-17)18-6-7-20(21-13-18)25-14-22-23-15-25/h2,4-8,10,12-15H,3,9,11H2,1H3. The number of ether oxygens (including phenoxy) is 1. The molecule has 0 unspecified atom stereocenters. The molecule has 27 heavy (non-hydrogen) atoms. The maximum Gasteiger partial charge on any atom is 0.139 e. The van der Waals surface area contributed by atoms with Gasteiger partial charge in [-0.05, 0) is 36.2 Å². The van der Waals surface area contributed by atoms with E-state index in [1.165, 1.54) is 0 Å². The monoisotopic (exact) mass is 360 g/mol. The summed E-state index contributed by atoms with van der Waals surface area (Å²) in [5, 5.41) is 12.3. The van der Waals surface area contributed by atoms with E-state index in [-0.39, 0.29) is 0 Å². The lowest BCUT2D eigenvalue weighted by Crippen LogP contribution is -2.01. The molecule has 0 spiro atoms. The second-order valence-electron chi connectivity index (χ2n) is 6.17. The minimum absolute atomic E-state index is 0.739. The van der Waals surface area contributed by atoms with Gasteiger partial charge < -0.3 is 4.74 Å². The van der Waals surface area contributed by atoms with Gasteiger partial charge in [-0.1, -0.05) is 18.2 Å². The SMILES string of the molecule is COCCCn1ccc(-c2cccc(-c3ccc(-n4cnnc4)nc3)c2)n1. The Labute approximate surface area is 157 Å². The third-order valence-electron chi connectivity index (χ3n) is 4.30. The van der Waals surface area contributed by atoms with E-state index in [0.29, 0.717) is 0 Å². The molecule has 0 bridgehead atoms. The van der Waals surface area contributed by atoms with Crippen molar-refractivity contribution in [2.75, 3.05) is 13.7 Å². The predicted octanol–water partition coefficient (Wildman–Crippen LogP) is 3.23. The van der Waals surface area contributed by atoms with Gasteiger partial charge in [-0.15, -0.1) is 10.2 Å². The molecule has 0 saturated heterocycles. The molecule has 0 amide bonds. The summed E-state index contributed by atoms with van der Waals surface area (Å²) in [6, 6.07) is 14.4. The minimum Gasteiger partial charge on any atom is -0.385 e. The first kappa shape index (κ1) is 17.1. The fourth-order valence-electron chi connectivity index (χ4n) is 2.90. The molecule has 1 aromatic carbocycles. The Kier molecular flexibility index (Phi) is 5.02. The van der Waals surface area contributed by atoms with Crippen LogP contribution in [0, 0.1) is 0 Å². The number of nitrogens with zero attached hydrogens (tertiary/aromatic N) is 6. The topological polar surface area (TPSA) is 70.7 Å². The van der Waals surface area contributed by atoms with Crippen molar-refractivity contribution < 1.29 is 4.74 Å². The van der Waals surface area contributed by atoms with Crippen molar-refractivity contribution in [2.24, 2.45) is 0 Å². The summed E-state index contributed by atoms with van der Waals surface area (Å²) in [4.78, 5) is 4.50. The normalized spacial score (nSPS) is 11.0. The van der Waals surface area contributed by atoms with E-state index in [9.17, 15) is 0 Å². The van der Waals surface area contributed by atoms with Crippen molar-refractivity contribution in [3.8, 4) is 28.2 Å². The molecule has 0 aliphatic rings. The van der Waals surface area contributed by atoms with Crippen molar-refractivity contribution in [3.63, 3.8) is 0 Å². The van der Waals surface area contributed by atoms with Crippen LogP contribution in [0.1, 0.15) is 6.42 Å². The van der Waals surface area contributed by atoms with Crippen molar-refractivity contribution in [2.45, 2.75) is 13.0 Å². The van der Waals surface area contributed by atoms with E-state index in [4.69, 9.17) is 4.74 Å². The van der Waals surface area contributed by atoms with Crippen LogP contribution in [0.25, 0.3) is 28.2 Å². The molecule has 0 atom stereocenters. The highest BCUT2D eigenvalue weighted by Crippen LogP contribution is 2.25. The second-order valence-corrected chi connectivity index (χ2v) is 6.17. The lowest BCUT2D eigenvalue weighted by Gasteiger charge is -2.06. The Balaban J connectivity index is 1.54. The highest BCUT2D eigenvalue weighted by molar-refractivity contribution is 5.71. The first-order valence-corrected chi connectivity index (χ1v) is 8.78. The fourth-order valence-corrected chi connectivity index (χ4v) is 2.90. The van der Waals surface area contributed by atoms with E-state index >= 15 is 0 Å². The number of rotatable bonds is 7. The molecule has 136 valence electrons. The molecule has 4 rings (SSSR count). The van der Waals surface area contributed by atoms with E-state index in [0.717, 1.165) is 47.8 Å². The predicted molar refractivity (Wildman–Crippen MR) is 102 cm³/mol. The third kappa shape index (κ3) is 3.93. The quantitative estimate of drug-likeness (QED) is 0.473. The van der Waals surface area contributed by atoms with Crippen molar-refractivity contribution >= 4 is 0 Å². The van der Waals surface area contributed by atoms with Gasteiger partial charge in [0.05, 0.1) is 5.69 Å². The fraction of sp³-hybridized carbons (Fsp3) is 0.200. The summed E-state index contributed by atoms with van der Waals surface area (Å²) in [7, 11) is 1.72. The third-order valence-corrected chi connectivity index (χ3v) is 4.30. The molecular formula is C20H20N6O. The summed E-state index contributed by atoms with van der Waals surface area (Å²) < 4.78 is 8.83. The van der Waals surface area contributed by atoms with Crippen LogP contribution >= 0.6 is 0 Å². The summed E-state index contributed by atoms with van der Waals surface area (Å²) in [5.41, 5.74) is 4.20. The molecule has 0 fully saturated rings. The van der Waals surface area contributed by atoms with Crippen LogP contribution in [0.5, 0.6) is 0 Å². The van der Waals surface area contributed by atoms with Crippen LogP contribution < -0.4 is 0 Å². The average molecular weight is 360 g/mol. The van der Waals surface area contributed by atoms with Crippen LogP contribution in [0.2, 0.25) is 0 Å². The number of benzene rings is 1. The lowest BCUT2D eigenvalue weighted by molar-refractivity contribution is 0.189. The van der Waals surface area contributed by atoms with E-state index in [2.05, 4.69) is 38.5 Å². The summed E-state index contributed by atoms with van der Waals surface area (Å²) in [6.45, 7) is 1.59. The van der Waals surface area contributed by atoms with Crippen LogP contribution in [0.4, 0.5) is 0 Å². The summed E-state index contributed by atoms with van der Waals surface area (Å²) in [5.74, 6) is 0.787. The van der Waals surface area contributed by atoms with Crippen LogP contribution in [-0.2, 0) is 11.3 Å². The zero-order valence-electron chi connectivity index (χ0n) is 15.1. The molecule has 4 aromatic rings. The van der Waals surface area contributed by atoms with Gasteiger partial charge >= 0.3 is 0 Å². The zero-order chi connectivity index (χ0) is 18.5. The molecule has 0 N–H and O–H groups in total. The van der Waals surface area contributed by atoms with Crippen LogP contribution in [0.15, 0.2) is 67.5 Å². The molecule has 0 aliphatic carbocycles. The van der Waals surface area contributed by atoms with Gasteiger partial charge in [0.2, 0.25) is 0 Å². The zero-order valence-corrected chi connectivity index (χ0v) is 15.1. The van der Waals surface area contributed by atoms with E-state index in [1.807, 2.05) is 41.3 Å². The molecule has 3 aromatic heterocycles. The van der Waals surface area contributed by atoms with Gasteiger partial charge in [-0.25, -0.2) is 4.98 Å².